The maximum atomic E-state index is 13.3. The summed E-state index contributed by atoms with van der Waals surface area (Å²) < 4.78 is 47.5. The molecule has 2 aliphatic rings. The molecule has 0 aromatic carbocycles. The lowest BCUT2D eigenvalue weighted by molar-refractivity contribution is -0.148. The molecule has 3 atom stereocenters. The van der Waals surface area contributed by atoms with Gasteiger partial charge in [-0.2, -0.15) is 23.3 Å². The molecule has 164 valence electrons. The maximum absolute atomic E-state index is 13.3. The molecule has 0 amide bonds. The average Bonchev–Trinajstić information content (AvgIpc) is 3.43. The number of aromatic nitrogens is 6. The van der Waals surface area contributed by atoms with Gasteiger partial charge < -0.3 is 9.64 Å². The Labute approximate surface area is 176 Å². The molecule has 8 nitrogen and oxygen atoms in total. The van der Waals surface area contributed by atoms with Gasteiger partial charge in [0.2, 0.25) is 5.95 Å². The number of halogens is 3. The van der Waals surface area contributed by atoms with Gasteiger partial charge in [0.05, 0.1) is 42.3 Å². The van der Waals surface area contributed by atoms with Crippen molar-refractivity contribution in [2.75, 3.05) is 24.6 Å². The van der Waals surface area contributed by atoms with Gasteiger partial charge in [-0.05, 0) is 20.3 Å². The van der Waals surface area contributed by atoms with Crippen molar-refractivity contribution in [3.63, 3.8) is 0 Å². The number of alkyl halides is 3. The summed E-state index contributed by atoms with van der Waals surface area (Å²) in [4.78, 5) is 20.1. The second kappa shape index (κ2) is 7.11. The monoisotopic (exact) mass is 433 g/mol. The molecule has 31 heavy (non-hydrogen) atoms. The number of hydrogen-bond acceptors (Lipinski definition) is 7. The summed E-state index contributed by atoms with van der Waals surface area (Å²) in [5.74, 6) is -1.74. The number of hydrogen-bond donors (Lipinski definition) is 0. The van der Waals surface area contributed by atoms with Crippen LogP contribution in [0.25, 0.3) is 11.2 Å². The predicted molar refractivity (Wildman–Crippen MR) is 106 cm³/mol. The van der Waals surface area contributed by atoms with Crippen molar-refractivity contribution in [2.45, 2.75) is 38.5 Å². The number of ether oxygens (including phenoxy) is 1. The van der Waals surface area contributed by atoms with E-state index in [4.69, 9.17) is 4.74 Å². The topological polar surface area (TPSA) is 81.9 Å². The molecule has 0 bridgehead atoms. The van der Waals surface area contributed by atoms with E-state index < -0.39 is 18.0 Å². The van der Waals surface area contributed by atoms with Crippen molar-refractivity contribution in [3.05, 3.63) is 35.0 Å². The Balaban J connectivity index is 1.54. The van der Waals surface area contributed by atoms with Crippen molar-refractivity contribution < 1.29 is 17.9 Å². The minimum Gasteiger partial charge on any atom is -0.370 e. The summed E-state index contributed by atoms with van der Waals surface area (Å²) in [5.41, 5.74) is 3.32. The Bertz CT molecular complexity index is 1150. The van der Waals surface area contributed by atoms with E-state index in [2.05, 4.69) is 25.0 Å². The molecule has 2 fully saturated rings. The molecule has 1 aliphatic carbocycles. The fourth-order valence-electron chi connectivity index (χ4n) is 4.02. The third-order valence-electron chi connectivity index (χ3n) is 5.97. The fraction of sp³-hybridized carbons (Fsp3) is 0.550. The molecule has 0 spiro atoms. The van der Waals surface area contributed by atoms with Gasteiger partial charge in [-0.15, -0.1) is 0 Å². The summed E-state index contributed by atoms with van der Waals surface area (Å²) in [7, 11) is 1.83. The van der Waals surface area contributed by atoms with Gasteiger partial charge in [-0.1, -0.05) is 0 Å². The molecule has 3 aromatic rings. The van der Waals surface area contributed by atoms with E-state index in [9.17, 15) is 13.2 Å². The number of anilines is 1. The van der Waals surface area contributed by atoms with E-state index in [1.807, 2.05) is 25.1 Å². The van der Waals surface area contributed by atoms with Gasteiger partial charge in [-0.3, -0.25) is 4.68 Å². The minimum atomic E-state index is -4.25. The molecular weight excluding hydrogens is 411 g/mol. The zero-order valence-electron chi connectivity index (χ0n) is 17.4. The van der Waals surface area contributed by atoms with Crippen LogP contribution in [0.15, 0.2) is 12.4 Å². The van der Waals surface area contributed by atoms with Crippen LogP contribution in [0.3, 0.4) is 0 Å². The molecule has 3 aromatic heterocycles. The molecular formula is C20H22F3N7O. The van der Waals surface area contributed by atoms with Crippen LogP contribution in [0, 0.1) is 19.8 Å². The Morgan fingerprint density at radius 1 is 1.10 bits per heavy atom. The number of morpholine rings is 1. The zero-order valence-corrected chi connectivity index (χ0v) is 17.4. The highest BCUT2D eigenvalue weighted by atomic mass is 19.4. The van der Waals surface area contributed by atoms with Crippen molar-refractivity contribution in [2.24, 2.45) is 13.0 Å². The SMILES string of the molecule is Cc1nc2nc(N3CCOC(c4cnn(C)c4)C3)nc(C3CC3C(F)(F)F)c2nc1C. The van der Waals surface area contributed by atoms with Crippen LogP contribution in [0.1, 0.15) is 41.1 Å². The second-order valence-electron chi connectivity index (χ2n) is 8.22. The highest BCUT2D eigenvalue weighted by Crippen LogP contribution is 2.56. The van der Waals surface area contributed by atoms with E-state index in [0.29, 0.717) is 53.9 Å². The Kier molecular flexibility index (Phi) is 4.61. The summed E-state index contributed by atoms with van der Waals surface area (Å²) in [6.45, 7) is 5.05. The third kappa shape index (κ3) is 3.71. The van der Waals surface area contributed by atoms with Crippen LogP contribution in [-0.2, 0) is 11.8 Å². The van der Waals surface area contributed by atoms with Gasteiger partial charge in [0.25, 0.3) is 0 Å². The minimum absolute atomic E-state index is 0.0189. The molecule has 4 heterocycles. The molecule has 11 heteroatoms. The van der Waals surface area contributed by atoms with E-state index in [1.165, 1.54) is 0 Å². The first kappa shape index (κ1) is 20.1. The summed E-state index contributed by atoms with van der Waals surface area (Å²) in [6.07, 6.45) is -0.822. The molecule has 1 saturated carbocycles. The summed E-state index contributed by atoms with van der Waals surface area (Å²) in [5, 5.41) is 4.19. The molecule has 1 aliphatic heterocycles. The van der Waals surface area contributed by atoms with Gasteiger partial charge in [0, 0.05) is 31.3 Å². The van der Waals surface area contributed by atoms with Gasteiger partial charge in [0.1, 0.15) is 11.6 Å². The van der Waals surface area contributed by atoms with Crippen molar-refractivity contribution in [3.8, 4) is 0 Å². The fourth-order valence-corrected chi connectivity index (χ4v) is 4.02. The van der Waals surface area contributed by atoms with Crippen LogP contribution in [0.5, 0.6) is 0 Å². The van der Waals surface area contributed by atoms with Gasteiger partial charge in [-0.25, -0.2) is 15.0 Å². The van der Waals surface area contributed by atoms with Crippen molar-refractivity contribution in [1.82, 2.24) is 29.7 Å². The zero-order chi connectivity index (χ0) is 21.9. The number of rotatable bonds is 3. The molecule has 1 saturated heterocycles. The standard InChI is InChI=1S/C20H22F3N7O/c1-10-11(2)26-18-17(25-10)16(13-6-14(13)20(21,22)23)27-19(28-18)30-4-5-31-15(9-30)12-7-24-29(3)8-12/h7-8,13-15H,4-6,9H2,1-3H3. The van der Waals surface area contributed by atoms with Crippen molar-refractivity contribution >= 4 is 17.1 Å². The Hall–Kier alpha value is -2.82. The summed E-state index contributed by atoms with van der Waals surface area (Å²) >= 11 is 0. The summed E-state index contributed by atoms with van der Waals surface area (Å²) in [6, 6.07) is 0. The predicted octanol–water partition coefficient (Wildman–Crippen LogP) is 3.01. The first-order chi connectivity index (χ1) is 14.7. The Morgan fingerprint density at radius 2 is 1.87 bits per heavy atom. The lowest BCUT2D eigenvalue weighted by atomic mass is 10.1. The van der Waals surface area contributed by atoms with Crippen LogP contribution < -0.4 is 4.90 Å². The smallest absolute Gasteiger partial charge is 0.370 e. The van der Waals surface area contributed by atoms with Crippen molar-refractivity contribution in [1.29, 1.82) is 0 Å². The number of nitrogens with zero attached hydrogens (tertiary/aromatic N) is 7. The first-order valence-corrected chi connectivity index (χ1v) is 10.2. The van der Waals surface area contributed by atoms with Crippen LogP contribution in [0.2, 0.25) is 0 Å². The molecule has 5 rings (SSSR count). The van der Waals surface area contributed by atoms with Gasteiger partial charge in [0.15, 0.2) is 5.65 Å². The lowest BCUT2D eigenvalue weighted by Gasteiger charge is -2.32. The number of fused-ring (bicyclic) bond motifs is 1. The number of aryl methyl sites for hydroxylation is 3. The van der Waals surface area contributed by atoms with Crippen LogP contribution >= 0.6 is 0 Å². The van der Waals surface area contributed by atoms with E-state index >= 15 is 0 Å². The van der Waals surface area contributed by atoms with E-state index in [0.717, 1.165) is 5.56 Å². The quantitative estimate of drug-likeness (QED) is 0.628. The average molecular weight is 433 g/mol. The Morgan fingerprint density at radius 3 is 2.55 bits per heavy atom. The van der Waals surface area contributed by atoms with Crippen LogP contribution in [0.4, 0.5) is 19.1 Å². The maximum Gasteiger partial charge on any atom is 0.392 e. The highest BCUT2D eigenvalue weighted by Gasteiger charge is 2.57. The van der Waals surface area contributed by atoms with Crippen LogP contribution in [-0.4, -0.2) is 55.6 Å². The largest absolute Gasteiger partial charge is 0.392 e. The normalized spacial score (nSPS) is 24.1. The first-order valence-electron chi connectivity index (χ1n) is 10.2. The molecule has 3 unspecified atom stereocenters. The molecule has 0 N–H and O–H groups in total. The highest BCUT2D eigenvalue weighted by molar-refractivity contribution is 5.75. The second-order valence-corrected chi connectivity index (χ2v) is 8.22. The van der Waals surface area contributed by atoms with Gasteiger partial charge >= 0.3 is 6.18 Å². The lowest BCUT2D eigenvalue weighted by Crippen LogP contribution is -2.39. The van der Waals surface area contributed by atoms with E-state index in [-0.39, 0.29) is 12.5 Å². The molecule has 0 radical (unpaired) electrons. The third-order valence-corrected chi connectivity index (χ3v) is 5.97. The van der Waals surface area contributed by atoms with E-state index in [1.54, 1.807) is 17.8 Å².